The molecule has 6 fully saturated rings. The molecular formula is C107H174F6O6. The van der Waals surface area contributed by atoms with Crippen LogP contribution in [0.2, 0.25) is 0 Å². The zero-order chi connectivity index (χ0) is 89.0. The maximum Gasteiger partial charge on any atom is 0.154 e. The summed E-state index contributed by atoms with van der Waals surface area (Å²) in [6.45, 7) is 62.9. The zero-order valence-electron chi connectivity index (χ0n) is 79.7. The van der Waals surface area contributed by atoms with Gasteiger partial charge in [0.2, 0.25) is 0 Å². The first-order chi connectivity index (χ1) is 55.5. The number of allylic oxidation sites excluding steroid dienone is 6. The number of rotatable bonds is 0. The van der Waals surface area contributed by atoms with Crippen molar-refractivity contribution in [1.82, 2.24) is 0 Å². The molecule has 2 saturated carbocycles. The Labute approximate surface area is 726 Å². The Hall–Kier alpha value is -5.34. The topological polar surface area (TPSA) is 55.4 Å². The van der Waals surface area contributed by atoms with Crippen molar-refractivity contribution < 1.29 is 54.8 Å². The number of hydrogen-bond acceptors (Lipinski definition) is 6. The van der Waals surface area contributed by atoms with Gasteiger partial charge in [0.1, 0.15) is 34.9 Å². The summed E-state index contributed by atoms with van der Waals surface area (Å²) < 4.78 is 107. The molecule has 0 radical (unpaired) electrons. The van der Waals surface area contributed by atoms with Gasteiger partial charge in [-0.25, -0.2) is 26.3 Å². The molecule has 4 heterocycles. The van der Waals surface area contributed by atoms with E-state index in [0.717, 1.165) is 110 Å². The van der Waals surface area contributed by atoms with Crippen molar-refractivity contribution in [2.75, 3.05) is 39.6 Å². The average molecular weight is 1670 g/mol. The molecule has 9 aliphatic rings. The van der Waals surface area contributed by atoms with Crippen LogP contribution in [0.15, 0.2) is 120 Å². The van der Waals surface area contributed by atoms with E-state index in [4.69, 9.17) is 28.4 Å². The van der Waals surface area contributed by atoms with Gasteiger partial charge in [-0.1, -0.05) is 237 Å². The van der Waals surface area contributed by atoms with Crippen molar-refractivity contribution in [1.29, 1.82) is 0 Å². The summed E-state index contributed by atoms with van der Waals surface area (Å²) in [5, 5.41) is 0. The van der Waals surface area contributed by atoms with Gasteiger partial charge in [-0.2, -0.15) is 0 Å². The van der Waals surface area contributed by atoms with Crippen LogP contribution >= 0.6 is 0 Å². The van der Waals surface area contributed by atoms with Gasteiger partial charge in [-0.05, 0) is 317 Å². The molecule has 5 aromatic rings. The van der Waals surface area contributed by atoms with Crippen LogP contribution in [0, 0.1) is 175 Å². The molecular weight excluding hydrogens is 1500 g/mol. The van der Waals surface area contributed by atoms with Crippen molar-refractivity contribution in [3.05, 3.63) is 211 Å². The molecule has 14 rings (SSSR count). The molecule has 5 aromatic carbocycles. The van der Waals surface area contributed by atoms with E-state index in [2.05, 4.69) is 173 Å². The van der Waals surface area contributed by atoms with Crippen molar-refractivity contribution in [3.63, 3.8) is 0 Å². The standard InChI is InChI=1S/2C8H8F2.2C8H9F.2C8H16.3C8H14.C8H10.2C7H14O.2C6H12O2.CH4/c2*1-5-3-7(9)6(2)8(10)4-5;2*1-6-3-4-7(2)8(9)5-6;6*1-7-3-5-8(2)6-4-7;2*1-6-3-4-7(2)8-5-6;2*1-5-3-7-6(2)8-4-5;/h2*3-4H,1-2H3;2*3-5H,1-2H3;2*7-8H,3-6H2,1-2H3;2*3,8H,4-6H2,1-2H3;3,5,7-8H,4,6H2,1-2H3;3-6H,1-2H3;2*6-7H,3-5H2,1-2H3;2*5-6H,3-4H2,1-2H3;1H4. The molecule has 119 heavy (non-hydrogen) atoms. The molecule has 5 aliphatic carbocycles. The van der Waals surface area contributed by atoms with Crippen molar-refractivity contribution >= 4 is 0 Å². The fourth-order valence-electron chi connectivity index (χ4n) is 13.1. The Morgan fingerprint density at radius 1 is 0.244 bits per heavy atom. The molecule has 4 aliphatic heterocycles. The molecule has 4 saturated heterocycles. The minimum absolute atomic E-state index is 0. The maximum absolute atomic E-state index is 12.6. The lowest BCUT2D eigenvalue weighted by Gasteiger charge is -2.24. The summed E-state index contributed by atoms with van der Waals surface area (Å²) in [5.41, 5.74) is 10.6. The molecule has 0 aromatic heterocycles. The normalized spacial score (nSPS) is 26.3. The van der Waals surface area contributed by atoms with E-state index in [-0.39, 0.29) is 42.8 Å². The lowest BCUT2D eigenvalue weighted by Crippen LogP contribution is -2.27. The molecule has 8 unspecified atom stereocenters. The Morgan fingerprint density at radius 2 is 0.487 bits per heavy atom. The van der Waals surface area contributed by atoms with E-state index in [1.807, 2.05) is 39.8 Å². The van der Waals surface area contributed by atoms with Crippen LogP contribution in [0.25, 0.3) is 0 Å². The second-order valence-electron chi connectivity index (χ2n) is 37.2. The number of aryl methyl sites for hydroxylation is 8. The van der Waals surface area contributed by atoms with Gasteiger partial charge >= 0.3 is 0 Å². The van der Waals surface area contributed by atoms with Gasteiger partial charge in [0.05, 0.1) is 38.6 Å². The molecule has 0 N–H and O–H groups in total. The average Bonchev–Trinajstić information content (AvgIpc) is 0.873. The third-order valence-electron chi connectivity index (χ3n) is 22.9. The van der Waals surface area contributed by atoms with E-state index in [9.17, 15) is 26.3 Å². The second-order valence-corrected chi connectivity index (χ2v) is 37.2. The van der Waals surface area contributed by atoms with Gasteiger partial charge in [-0.3, -0.25) is 0 Å². The van der Waals surface area contributed by atoms with E-state index in [1.54, 1.807) is 51.0 Å². The van der Waals surface area contributed by atoms with E-state index < -0.39 is 23.3 Å². The summed E-state index contributed by atoms with van der Waals surface area (Å²) in [6, 6.07) is 24.2. The molecule has 6 nitrogen and oxygen atoms in total. The van der Waals surface area contributed by atoms with Crippen LogP contribution in [0.1, 0.15) is 316 Å². The fourth-order valence-corrected chi connectivity index (χ4v) is 13.1. The lowest BCUT2D eigenvalue weighted by molar-refractivity contribution is -0.187. The van der Waals surface area contributed by atoms with E-state index in [0.29, 0.717) is 46.3 Å². The van der Waals surface area contributed by atoms with Crippen LogP contribution in [0.5, 0.6) is 0 Å². The molecule has 680 valence electrons. The van der Waals surface area contributed by atoms with Gasteiger partial charge < -0.3 is 28.4 Å². The molecule has 0 amide bonds. The van der Waals surface area contributed by atoms with E-state index in [1.165, 1.54) is 190 Å². The first-order valence-electron chi connectivity index (χ1n) is 45.5. The summed E-state index contributed by atoms with van der Waals surface area (Å²) in [6.07, 6.45) is 38.3. The van der Waals surface area contributed by atoms with Gasteiger partial charge in [0.15, 0.2) is 12.6 Å². The second kappa shape index (κ2) is 65.3. The molecule has 12 heteroatoms. The van der Waals surface area contributed by atoms with E-state index >= 15 is 0 Å². The van der Waals surface area contributed by atoms with Crippen molar-refractivity contribution in [2.24, 2.45) is 71.0 Å². The largest absolute Gasteiger partial charge is 0.378 e. The maximum atomic E-state index is 12.6. The Kier molecular flexibility index (Phi) is 62.4. The lowest BCUT2D eigenvalue weighted by atomic mass is 9.84. The number of hydrogen-bond donors (Lipinski definition) is 0. The van der Waals surface area contributed by atoms with Crippen LogP contribution in [0.3, 0.4) is 0 Å². The first-order valence-corrected chi connectivity index (χ1v) is 45.5. The van der Waals surface area contributed by atoms with Gasteiger partial charge in [0, 0.05) is 36.2 Å². The third-order valence-corrected chi connectivity index (χ3v) is 22.9. The SMILES string of the molecule is C.CC1=CCC(C)CC1.CC1=CCC(C)CC1.CC1C=CC(C)CC1.CC1CCC(C)CC1.CC1CCC(C)CC1.CC1CCC(C)OC1.CC1CCC(C)OC1.CC1COC(C)OC1.CC1COC(C)OC1.Cc1cc(F)c(C)c(F)c1.Cc1cc(F)c(C)c(F)c1.Cc1ccc(C)c(F)c1.Cc1ccc(C)c(F)c1.Cc1ccc(C)cc1. The highest BCUT2D eigenvalue weighted by molar-refractivity contribution is 5.26. The smallest absolute Gasteiger partial charge is 0.154 e. The fraction of sp³-hybridized carbons (Fsp3) is 0.664. The minimum Gasteiger partial charge on any atom is -0.378 e. The Bertz CT molecular complexity index is 3040. The van der Waals surface area contributed by atoms with Crippen LogP contribution in [-0.4, -0.2) is 64.4 Å². The first kappa shape index (κ1) is 114. The zero-order valence-corrected chi connectivity index (χ0v) is 79.7. The molecule has 0 bridgehead atoms. The minimum atomic E-state index is -0.475. The highest BCUT2D eigenvalue weighted by Gasteiger charge is 2.19. The monoisotopic (exact) mass is 1670 g/mol. The summed E-state index contributed by atoms with van der Waals surface area (Å²) >= 11 is 0. The van der Waals surface area contributed by atoms with Gasteiger partial charge in [0.25, 0.3) is 0 Å². The molecule has 0 spiro atoms. The Balaban J connectivity index is 0.00000126. The summed E-state index contributed by atoms with van der Waals surface area (Å²) in [4.78, 5) is 0. The highest BCUT2D eigenvalue weighted by Crippen LogP contribution is 2.30. The number of benzene rings is 5. The van der Waals surface area contributed by atoms with Crippen LogP contribution in [0.4, 0.5) is 26.3 Å². The van der Waals surface area contributed by atoms with Crippen LogP contribution in [-0.2, 0) is 28.4 Å². The summed E-state index contributed by atoms with van der Waals surface area (Å²) in [7, 11) is 0. The van der Waals surface area contributed by atoms with Crippen LogP contribution < -0.4 is 0 Å². The predicted molar refractivity (Wildman–Crippen MR) is 499 cm³/mol. The number of halogens is 6. The third kappa shape index (κ3) is 59.2. The Morgan fingerprint density at radius 3 is 0.681 bits per heavy atom. The quantitative estimate of drug-likeness (QED) is 0.114. The summed E-state index contributed by atoms with van der Waals surface area (Å²) in [5.74, 6) is 8.26. The molecule has 8 atom stereocenters. The van der Waals surface area contributed by atoms with Gasteiger partial charge in [-0.15, -0.1) is 0 Å². The number of ether oxygens (including phenoxy) is 6. The highest BCUT2D eigenvalue weighted by atomic mass is 19.2. The van der Waals surface area contributed by atoms with Crippen molar-refractivity contribution in [3.8, 4) is 0 Å². The predicted octanol–water partition coefficient (Wildman–Crippen LogP) is 32.4. The van der Waals surface area contributed by atoms with Crippen molar-refractivity contribution in [2.45, 2.75) is 354 Å².